The molecule has 0 unspecified atom stereocenters. The highest BCUT2D eigenvalue weighted by molar-refractivity contribution is 6.17. The molecule has 0 aliphatic carbocycles. The van der Waals surface area contributed by atoms with Gasteiger partial charge in [-0.15, -0.1) is 17.3 Å². The van der Waals surface area contributed by atoms with Crippen LogP contribution in [-0.2, 0) is 0 Å². The normalized spacial score (nSPS) is 7.14. The first kappa shape index (κ1) is 6.81. The van der Waals surface area contributed by atoms with Gasteiger partial charge in [0, 0.05) is 5.88 Å². The lowest BCUT2D eigenvalue weighted by Gasteiger charge is -1.72. The zero-order valence-electron chi connectivity index (χ0n) is 4.45. The standard InChI is InChI=1S/C6H9Cl/c1-2-3-4-5-6-7/h2,4H,5-6H2,1H3. The van der Waals surface area contributed by atoms with Gasteiger partial charge >= 0.3 is 0 Å². The van der Waals surface area contributed by atoms with Crippen LogP contribution in [0.5, 0.6) is 0 Å². The first-order valence-electron chi connectivity index (χ1n) is 2.33. The summed E-state index contributed by atoms with van der Waals surface area (Å²) in [5, 5.41) is 0. The van der Waals surface area contributed by atoms with Crippen molar-refractivity contribution < 1.29 is 0 Å². The Morgan fingerprint density at radius 2 is 2.43 bits per heavy atom. The number of allylic oxidation sites excluding steroid dienone is 1. The second kappa shape index (κ2) is 5.81. The Balaban J connectivity index is 3.10. The summed E-state index contributed by atoms with van der Waals surface area (Å²) in [5.41, 5.74) is 2.91. The van der Waals surface area contributed by atoms with E-state index in [1.54, 1.807) is 0 Å². The van der Waals surface area contributed by atoms with Gasteiger partial charge in [-0.25, -0.2) is 0 Å². The van der Waals surface area contributed by atoms with E-state index in [2.05, 4.69) is 5.73 Å². The molecule has 0 rings (SSSR count). The zero-order valence-corrected chi connectivity index (χ0v) is 5.20. The molecule has 7 heavy (non-hydrogen) atoms. The fraction of sp³-hybridized carbons (Fsp3) is 0.500. The van der Waals surface area contributed by atoms with Gasteiger partial charge in [-0.3, -0.25) is 0 Å². The lowest BCUT2D eigenvalue weighted by Crippen LogP contribution is -1.61. The van der Waals surface area contributed by atoms with Crippen molar-refractivity contribution in [2.24, 2.45) is 0 Å². The van der Waals surface area contributed by atoms with Crippen LogP contribution in [0.4, 0.5) is 0 Å². The van der Waals surface area contributed by atoms with Crippen molar-refractivity contribution in [3.05, 3.63) is 17.9 Å². The van der Waals surface area contributed by atoms with E-state index in [4.69, 9.17) is 11.6 Å². The van der Waals surface area contributed by atoms with Crippen molar-refractivity contribution in [2.75, 3.05) is 5.88 Å². The van der Waals surface area contributed by atoms with Gasteiger partial charge in [-0.2, -0.15) is 0 Å². The van der Waals surface area contributed by atoms with Crippen molar-refractivity contribution in [1.82, 2.24) is 0 Å². The first-order chi connectivity index (χ1) is 3.41. The van der Waals surface area contributed by atoms with Crippen molar-refractivity contribution in [1.29, 1.82) is 0 Å². The van der Waals surface area contributed by atoms with E-state index in [1.165, 1.54) is 0 Å². The number of alkyl halides is 1. The molecule has 40 valence electrons. The molecule has 0 bridgehead atoms. The van der Waals surface area contributed by atoms with Crippen molar-refractivity contribution in [2.45, 2.75) is 13.3 Å². The molecule has 0 aromatic carbocycles. The molecule has 1 heteroatoms. The van der Waals surface area contributed by atoms with Crippen LogP contribution < -0.4 is 0 Å². The Hall–Kier alpha value is -0.190. The van der Waals surface area contributed by atoms with E-state index in [9.17, 15) is 0 Å². The number of rotatable bonds is 2. The maximum Gasteiger partial charge on any atom is 0.0264 e. The molecule has 0 amide bonds. The van der Waals surface area contributed by atoms with Gasteiger partial charge < -0.3 is 0 Å². The van der Waals surface area contributed by atoms with Gasteiger partial charge in [0.25, 0.3) is 0 Å². The molecule has 0 atom stereocenters. The molecular formula is C6H9Cl. The number of hydrogen-bond acceptors (Lipinski definition) is 0. The van der Waals surface area contributed by atoms with Crippen LogP contribution >= 0.6 is 11.6 Å². The highest BCUT2D eigenvalue weighted by atomic mass is 35.5. The van der Waals surface area contributed by atoms with Gasteiger partial charge in [0.1, 0.15) is 0 Å². The molecule has 0 spiro atoms. The molecular weight excluding hydrogens is 108 g/mol. The van der Waals surface area contributed by atoms with Gasteiger partial charge in [-0.05, 0) is 25.5 Å². The van der Waals surface area contributed by atoms with E-state index in [1.807, 2.05) is 19.1 Å². The smallest absolute Gasteiger partial charge is 0.0264 e. The van der Waals surface area contributed by atoms with Crippen LogP contribution in [0, 0.1) is 0 Å². The average molecular weight is 117 g/mol. The summed E-state index contributed by atoms with van der Waals surface area (Å²) >= 11 is 5.35. The van der Waals surface area contributed by atoms with E-state index in [0.29, 0.717) is 5.88 Å². The topological polar surface area (TPSA) is 0 Å². The SMILES string of the molecule is CC=C=CCCCl. The van der Waals surface area contributed by atoms with E-state index >= 15 is 0 Å². The van der Waals surface area contributed by atoms with Crippen molar-refractivity contribution in [3.8, 4) is 0 Å². The van der Waals surface area contributed by atoms with Crippen molar-refractivity contribution in [3.63, 3.8) is 0 Å². The molecule has 0 heterocycles. The lowest BCUT2D eigenvalue weighted by atomic mass is 10.4. The summed E-state index contributed by atoms with van der Waals surface area (Å²) in [6, 6.07) is 0. The van der Waals surface area contributed by atoms with Gasteiger partial charge in [0.2, 0.25) is 0 Å². The summed E-state index contributed by atoms with van der Waals surface area (Å²) in [6.07, 6.45) is 4.71. The highest BCUT2D eigenvalue weighted by Gasteiger charge is 1.67. The van der Waals surface area contributed by atoms with Crippen LogP contribution in [0.1, 0.15) is 13.3 Å². The number of hydrogen-bond donors (Lipinski definition) is 0. The minimum absolute atomic E-state index is 0.695. The Morgan fingerprint density at radius 3 is 2.86 bits per heavy atom. The molecule has 0 aliphatic heterocycles. The Morgan fingerprint density at radius 1 is 1.71 bits per heavy atom. The highest BCUT2D eigenvalue weighted by Crippen LogP contribution is 1.82. The predicted octanol–water partition coefficient (Wildman–Crippen LogP) is 2.35. The van der Waals surface area contributed by atoms with E-state index in [-0.39, 0.29) is 0 Å². The third-order valence-electron chi connectivity index (χ3n) is 0.538. The van der Waals surface area contributed by atoms with E-state index in [0.717, 1.165) is 6.42 Å². The predicted molar refractivity (Wildman–Crippen MR) is 33.7 cm³/mol. The summed E-state index contributed by atoms with van der Waals surface area (Å²) in [7, 11) is 0. The minimum atomic E-state index is 0.695. The van der Waals surface area contributed by atoms with Gasteiger partial charge in [0.15, 0.2) is 0 Å². The van der Waals surface area contributed by atoms with Crippen LogP contribution in [-0.4, -0.2) is 5.88 Å². The molecule has 0 saturated carbocycles. The fourth-order valence-electron chi connectivity index (χ4n) is 0.256. The maximum absolute atomic E-state index is 5.35. The molecule has 0 saturated heterocycles. The van der Waals surface area contributed by atoms with Gasteiger partial charge in [0.05, 0.1) is 0 Å². The number of halogens is 1. The second-order valence-electron chi connectivity index (χ2n) is 1.14. The minimum Gasteiger partial charge on any atom is -0.130 e. The largest absolute Gasteiger partial charge is 0.130 e. The van der Waals surface area contributed by atoms with Crippen LogP contribution in [0.3, 0.4) is 0 Å². The Kier molecular flexibility index (Phi) is 5.65. The maximum atomic E-state index is 5.35. The van der Waals surface area contributed by atoms with Crippen molar-refractivity contribution >= 4 is 11.6 Å². The third kappa shape index (κ3) is 5.81. The summed E-state index contributed by atoms with van der Waals surface area (Å²) in [5.74, 6) is 0.695. The second-order valence-corrected chi connectivity index (χ2v) is 1.52. The fourth-order valence-corrected chi connectivity index (χ4v) is 0.365. The quantitative estimate of drug-likeness (QED) is 0.384. The van der Waals surface area contributed by atoms with Gasteiger partial charge in [-0.1, -0.05) is 0 Å². The van der Waals surface area contributed by atoms with Crippen LogP contribution in [0.2, 0.25) is 0 Å². The molecule has 0 radical (unpaired) electrons. The molecule has 0 aromatic rings. The van der Waals surface area contributed by atoms with Crippen LogP contribution in [0.15, 0.2) is 17.9 Å². The third-order valence-corrected chi connectivity index (χ3v) is 0.756. The molecule has 0 nitrogen and oxygen atoms in total. The summed E-state index contributed by atoms with van der Waals surface area (Å²) < 4.78 is 0. The molecule has 0 fully saturated rings. The monoisotopic (exact) mass is 116 g/mol. The zero-order chi connectivity index (χ0) is 5.54. The molecule has 0 aromatic heterocycles. The Labute approximate surface area is 49.5 Å². The van der Waals surface area contributed by atoms with E-state index < -0.39 is 0 Å². The summed E-state index contributed by atoms with van der Waals surface area (Å²) in [6.45, 7) is 1.94. The Bertz CT molecular complexity index is 78.2. The summed E-state index contributed by atoms with van der Waals surface area (Å²) in [4.78, 5) is 0. The first-order valence-corrected chi connectivity index (χ1v) is 2.86. The molecule has 0 aliphatic rings. The average Bonchev–Trinajstić information content (AvgIpc) is 1.69. The lowest BCUT2D eigenvalue weighted by molar-refractivity contribution is 1.24. The molecule has 0 N–H and O–H groups in total. The van der Waals surface area contributed by atoms with Crippen LogP contribution in [0.25, 0.3) is 0 Å².